The van der Waals surface area contributed by atoms with Gasteiger partial charge in [-0.25, -0.2) is 4.79 Å². The minimum Gasteiger partial charge on any atom is -0.491 e. The number of aromatic nitrogens is 1. The van der Waals surface area contributed by atoms with Gasteiger partial charge in [0.05, 0.1) is 7.11 Å². The summed E-state index contributed by atoms with van der Waals surface area (Å²) < 4.78 is 5.68. The summed E-state index contributed by atoms with van der Waals surface area (Å²) in [7, 11) is 1.30. The van der Waals surface area contributed by atoms with Crippen LogP contribution in [-0.4, -0.2) is 34.7 Å². The third-order valence-electron chi connectivity index (χ3n) is 3.82. The molecule has 0 bridgehead atoms. The number of hydrogen-bond acceptors (Lipinski definition) is 7. The molecule has 0 N–H and O–H groups in total. The maximum Gasteiger partial charge on any atom is 0.383 e. The van der Waals surface area contributed by atoms with Crippen LogP contribution in [0.4, 0.5) is 0 Å². The maximum atomic E-state index is 12.5. The molecule has 140 valence electrons. The molecule has 1 aliphatic rings. The molecule has 1 aromatic heterocycles. The Morgan fingerprint density at radius 3 is 2.30 bits per heavy atom. The van der Waals surface area contributed by atoms with Crippen LogP contribution in [0.25, 0.3) is 0 Å². The van der Waals surface area contributed by atoms with Gasteiger partial charge in [0.1, 0.15) is 6.61 Å². The molecule has 2 heterocycles. The molecule has 2 amide bonds. The number of carbonyl (C=O) groups excluding carboxylic acids is 3. The van der Waals surface area contributed by atoms with Crippen LogP contribution in [-0.2, 0) is 21.0 Å². The van der Waals surface area contributed by atoms with E-state index in [0.717, 1.165) is 10.3 Å². The standard InChI is InChI=1S/C18H16N2O7/c1-25-14-8-7-13(18(24)27-20-15(21)9-10-16(20)22)19(17(14)23)26-11-12-5-3-2-4-6-12/h2-8H,9-11H2,1H3. The Morgan fingerprint density at radius 1 is 1.00 bits per heavy atom. The topological polar surface area (TPSA) is 104 Å². The quantitative estimate of drug-likeness (QED) is 0.688. The highest BCUT2D eigenvalue weighted by molar-refractivity contribution is 6.02. The van der Waals surface area contributed by atoms with Crippen molar-refractivity contribution in [3.8, 4) is 5.75 Å². The average Bonchev–Trinajstić information content (AvgIpc) is 2.99. The smallest absolute Gasteiger partial charge is 0.383 e. The summed E-state index contributed by atoms with van der Waals surface area (Å²) in [5.74, 6) is -2.37. The molecular formula is C18H16N2O7. The highest BCUT2D eigenvalue weighted by Gasteiger charge is 2.34. The molecular weight excluding hydrogens is 356 g/mol. The van der Waals surface area contributed by atoms with E-state index in [9.17, 15) is 19.2 Å². The van der Waals surface area contributed by atoms with Gasteiger partial charge in [0, 0.05) is 12.8 Å². The first kappa shape index (κ1) is 18.2. The molecule has 3 rings (SSSR count). The van der Waals surface area contributed by atoms with Gasteiger partial charge in [0.15, 0.2) is 11.4 Å². The van der Waals surface area contributed by atoms with Crippen molar-refractivity contribution in [2.45, 2.75) is 19.4 Å². The van der Waals surface area contributed by atoms with Crippen LogP contribution in [0.1, 0.15) is 28.9 Å². The predicted molar refractivity (Wildman–Crippen MR) is 90.5 cm³/mol. The number of amides is 2. The lowest BCUT2D eigenvalue weighted by atomic mass is 10.2. The second-order valence-electron chi connectivity index (χ2n) is 5.61. The normalized spacial score (nSPS) is 13.6. The van der Waals surface area contributed by atoms with Crippen molar-refractivity contribution in [3.05, 3.63) is 64.1 Å². The molecule has 0 atom stereocenters. The first-order valence-corrected chi connectivity index (χ1v) is 8.06. The fraction of sp³-hybridized carbons (Fsp3) is 0.222. The summed E-state index contributed by atoms with van der Waals surface area (Å²) in [6.07, 6.45) is -0.0714. The van der Waals surface area contributed by atoms with E-state index in [1.165, 1.54) is 19.2 Å². The van der Waals surface area contributed by atoms with Crippen molar-refractivity contribution < 1.29 is 28.8 Å². The molecule has 0 saturated carbocycles. The van der Waals surface area contributed by atoms with Crippen molar-refractivity contribution in [1.82, 2.24) is 9.79 Å². The number of pyridine rings is 1. The van der Waals surface area contributed by atoms with Gasteiger partial charge in [-0.2, -0.15) is 0 Å². The Balaban J connectivity index is 1.88. The van der Waals surface area contributed by atoms with Crippen molar-refractivity contribution in [2.24, 2.45) is 0 Å². The molecule has 1 fully saturated rings. The van der Waals surface area contributed by atoms with Crippen LogP contribution in [0.15, 0.2) is 47.3 Å². The van der Waals surface area contributed by atoms with Crippen molar-refractivity contribution in [1.29, 1.82) is 0 Å². The van der Waals surface area contributed by atoms with Gasteiger partial charge in [-0.05, 0) is 17.7 Å². The van der Waals surface area contributed by atoms with Crippen LogP contribution in [0.3, 0.4) is 0 Å². The second kappa shape index (κ2) is 7.73. The fourth-order valence-corrected chi connectivity index (χ4v) is 2.44. The summed E-state index contributed by atoms with van der Waals surface area (Å²) in [6.45, 7) is -0.00420. The van der Waals surface area contributed by atoms with E-state index in [0.29, 0.717) is 5.06 Å². The first-order valence-electron chi connectivity index (χ1n) is 8.06. The van der Waals surface area contributed by atoms with E-state index >= 15 is 0 Å². The van der Waals surface area contributed by atoms with E-state index in [4.69, 9.17) is 14.4 Å². The molecule has 0 unspecified atom stereocenters. The molecule has 1 aliphatic heterocycles. The Bertz CT molecular complexity index is 920. The average molecular weight is 372 g/mol. The molecule has 27 heavy (non-hydrogen) atoms. The molecule has 9 heteroatoms. The van der Waals surface area contributed by atoms with Crippen LogP contribution < -0.4 is 15.1 Å². The summed E-state index contributed by atoms with van der Waals surface area (Å²) in [4.78, 5) is 58.5. The SMILES string of the molecule is COc1ccc(C(=O)ON2C(=O)CCC2=O)n(OCc2ccccc2)c1=O. The largest absolute Gasteiger partial charge is 0.491 e. The minimum absolute atomic E-state index is 0.00420. The minimum atomic E-state index is -1.08. The Morgan fingerprint density at radius 2 is 1.67 bits per heavy atom. The third kappa shape index (κ3) is 3.81. The zero-order valence-electron chi connectivity index (χ0n) is 14.4. The van der Waals surface area contributed by atoms with E-state index in [1.54, 1.807) is 24.3 Å². The molecule has 2 aromatic rings. The molecule has 1 saturated heterocycles. The number of imide groups is 1. The summed E-state index contributed by atoms with van der Waals surface area (Å²) in [6, 6.07) is 11.5. The lowest BCUT2D eigenvalue weighted by molar-refractivity contribution is -0.173. The van der Waals surface area contributed by atoms with E-state index in [2.05, 4.69) is 0 Å². The number of rotatable bonds is 6. The van der Waals surface area contributed by atoms with Gasteiger partial charge in [-0.1, -0.05) is 30.3 Å². The highest BCUT2D eigenvalue weighted by Crippen LogP contribution is 2.15. The number of benzene rings is 1. The zero-order chi connectivity index (χ0) is 19.4. The predicted octanol–water partition coefficient (Wildman–Crippen LogP) is 0.706. The van der Waals surface area contributed by atoms with Crippen molar-refractivity contribution in [3.63, 3.8) is 0 Å². The summed E-state index contributed by atoms with van der Waals surface area (Å²) in [5, 5.41) is 0.401. The number of methoxy groups -OCH3 is 1. The number of ether oxygens (including phenoxy) is 1. The van der Waals surface area contributed by atoms with Crippen molar-refractivity contribution >= 4 is 17.8 Å². The first-order chi connectivity index (χ1) is 13.0. The monoisotopic (exact) mass is 372 g/mol. The Labute approximate surface area is 153 Å². The van der Waals surface area contributed by atoms with Gasteiger partial charge in [0.25, 0.3) is 11.8 Å². The van der Waals surface area contributed by atoms with Crippen molar-refractivity contribution in [2.75, 3.05) is 7.11 Å². The lowest BCUT2D eigenvalue weighted by Gasteiger charge is -2.16. The van der Waals surface area contributed by atoms with Crippen LogP contribution in [0.2, 0.25) is 0 Å². The number of nitrogens with zero attached hydrogens (tertiary/aromatic N) is 2. The summed E-state index contributed by atoms with van der Waals surface area (Å²) >= 11 is 0. The van der Waals surface area contributed by atoms with E-state index < -0.39 is 23.3 Å². The van der Waals surface area contributed by atoms with Gasteiger partial charge < -0.3 is 14.4 Å². The Hall–Kier alpha value is -3.62. The highest BCUT2D eigenvalue weighted by atomic mass is 16.7. The van der Waals surface area contributed by atoms with Crippen LogP contribution in [0.5, 0.6) is 5.75 Å². The summed E-state index contributed by atoms with van der Waals surface area (Å²) in [5.41, 5.74) is -0.248. The van der Waals surface area contributed by atoms with Gasteiger partial charge >= 0.3 is 11.5 Å². The maximum absolute atomic E-state index is 12.5. The van der Waals surface area contributed by atoms with Gasteiger partial charge in [-0.15, -0.1) is 9.79 Å². The molecule has 9 nitrogen and oxygen atoms in total. The van der Waals surface area contributed by atoms with E-state index in [-0.39, 0.29) is 30.9 Å². The lowest BCUT2D eigenvalue weighted by Crippen LogP contribution is -2.37. The van der Waals surface area contributed by atoms with Gasteiger partial charge in [0.2, 0.25) is 0 Å². The Kier molecular flexibility index (Phi) is 5.20. The van der Waals surface area contributed by atoms with Crippen LogP contribution in [0, 0.1) is 0 Å². The van der Waals surface area contributed by atoms with E-state index in [1.807, 2.05) is 6.07 Å². The number of carbonyl (C=O) groups is 3. The molecule has 0 spiro atoms. The fourth-order valence-electron chi connectivity index (χ4n) is 2.44. The van der Waals surface area contributed by atoms with Gasteiger partial charge in [-0.3, -0.25) is 14.4 Å². The number of hydrogen-bond donors (Lipinski definition) is 0. The third-order valence-corrected chi connectivity index (χ3v) is 3.82. The van der Waals surface area contributed by atoms with Crippen LogP contribution >= 0.6 is 0 Å². The number of hydroxylamine groups is 2. The second-order valence-corrected chi connectivity index (χ2v) is 5.61. The molecule has 1 aromatic carbocycles. The molecule has 0 aliphatic carbocycles. The zero-order valence-corrected chi connectivity index (χ0v) is 14.4. The molecule has 0 radical (unpaired) electrons.